The molecule has 0 unspecified atom stereocenters. The zero-order valence-corrected chi connectivity index (χ0v) is 22.0. The van der Waals surface area contributed by atoms with E-state index in [9.17, 15) is 9.90 Å². The van der Waals surface area contributed by atoms with Crippen molar-refractivity contribution in [3.8, 4) is 0 Å². The van der Waals surface area contributed by atoms with Gasteiger partial charge in [0, 0.05) is 18.0 Å². The summed E-state index contributed by atoms with van der Waals surface area (Å²) < 4.78 is 5.04. The highest BCUT2D eigenvalue weighted by Crippen LogP contribution is 2.42. The number of carbonyl (C=O) groups is 1. The van der Waals surface area contributed by atoms with Crippen LogP contribution in [-0.4, -0.2) is 41.3 Å². The fraction of sp³-hybridized carbons (Fsp3) is 0.357. The molecule has 0 bridgehead atoms. The Morgan fingerprint density at radius 3 is 2.14 bits per heavy atom. The van der Waals surface area contributed by atoms with Gasteiger partial charge in [-0.1, -0.05) is 67.6 Å². The van der Waals surface area contributed by atoms with E-state index in [0.717, 1.165) is 58.9 Å². The Hall–Kier alpha value is -2.74. The summed E-state index contributed by atoms with van der Waals surface area (Å²) in [6.45, 7) is 5.49. The van der Waals surface area contributed by atoms with Crippen molar-refractivity contribution in [3.05, 3.63) is 87.8 Å². The summed E-state index contributed by atoms with van der Waals surface area (Å²) in [5.41, 5.74) is 2.34. The highest BCUT2D eigenvalue weighted by Gasteiger charge is 2.41. The van der Waals surface area contributed by atoms with Crippen molar-refractivity contribution >= 4 is 39.6 Å². The lowest BCUT2D eigenvalue weighted by Gasteiger charge is -2.43. The topological polar surface area (TPSA) is 61.8 Å². The van der Waals surface area contributed by atoms with E-state index in [2.05, 4.69) is 10.2 Å². The number of ether oxygens (including phenoxy) is 1. The van der Waals surface area contributed by atoms with Crippen LogP contribution in [0.1, 0.15) is 51.7 Å². The molecule has 4 rings (SSSR count). The summed E-state index contributed by atoms with van der Waals surface area (Å²) in [5.74, 6) is -0.293. The molecule has 1 aliphatic rings. The van der Waals surface area contributed by atoms with Crippen molar-refractivity contribution in [2.24, 2.45) is 5.92 Å². The third kappa shape index (κ3) is 4.99. The van der Waals surface area contributed by atoms with Crippen LogP contribution < -0.4 is 5.32 Å². The molecule has 35 heavy (non-hydrogen) atoms. The maximum atomic E-state index is 12.5. The van der Waals surface area contributed by atoms with Gasteiger partial charge >= 0.3 is 5.97 Å². The van der Waals surface area contributed by atoms with Crippen molar-refractivity contribution in [3.63, 3.8) is 0 Å². The van der Waals surface area contributed by atoms with Gasteiger partial charge in [-0.15, -0.1) is 11.3 Å². The Morgan fingerprint density at radius 1 is 1.11 bits per heavy atom. The van der Waals surface area contributed by atoms with Gasteiger partial charge in [0.1, 0.15) is 10.6 Å². The Balaban J connectivity index is 1.51. The number of likely N-dealkylation sites (tertiary alicyclic amines) is 1. The monoisotopic (exact) mass is 508 g/mol. The predicted octanol–water partition coefficient (Wildman–Crippen LogP) is 5.75. The van der Waals surface area contributed by atoms with Crippen molar-refractivity contribution < 1.29 is 14.6 Å². The molecule has 0 atom stereocenters. The lowest BCUT2D eigenvalue weighted by atomic mass is 9.72. The first-order valence-electron chi connectivity index (χ1n) is 12.0. The average molecular weight is 509 g/mol. The van der Waals surface area contributed by atoms with Crippen molar-refractivity contribution in [2.75, 3.05) is 25.5 Å². The second-order valence-corrected chi connectivity index (χ2v) is 10.5. The van der Waals surface area contributed by atoms with E-state index in [0.29, 0.717) is 10.7 Å². The number of aliphatic hydroxyl groups is 1. The van der Waals surface area contributed by atoms with Crippen LogP contribution in [-0.2, 0) is 16.8 Å². The van der Waals surface area contributed by atoms with Crippen LogP contribution in [0.15, 0.2) is 60.7 Å². The summed E-state index contributed by atoms with van der Waals surface area (Å²) in [5, 5.41) is 16.8. The Kier molecular flexibility index (Phi) is 7.89. The average Bonchev–Trinajstić information content (AvgIpc) is 3.23. The fourth-order valence-corrected chi connectivity index (χ4v) is 6.59. The molecule has 1 aliphatic heterocycles. The highest BCUT2D eigenvalue weighted by molar-refractivity contribution is 7.80. The van der Waals surface area contributed by atoms with Crippen molar-refractivity contribution in [1.82, 2.24) is 4.90 Å². The number of carbonyl (C=O) groups excluding carboxylic acids is 1. The van der Waals surface area contributed by atoms with Gasteiger partial charge in [-0.05, 0) is 61.0 Å². The number of aryl methyl sites for hydroxylation is 1. The quantitative estimate of drug-likeness (QED) is 0.327. The minimum absolute atomic E-state index is 0.0488. The Bertz CT molecular complexity index is 1130. The van der Waals surface area contributed by atoms with Gasteiger partial charge in [-0.2, -0.15) is 0 Å². The number of rotatable bonds is 6. The predicted molar refractivity (Wildman–Crippen MR) is 146 cm³/mol. The van der Waals surface area contributed by atoms with Crippen molar-refractivity contribution in [2.45, 2.75) is 38.7 Å². The number of esters is 1. The number of methoxy groups -OCH3 is 1. The molecule has 0 spiro atoms. The molecule has 2 heterocycles. The van der Waals surface area contributed by atoms with Crippen LogP contribution in [0.3, 0.4) is 0 Å². The van der Waals surface area contributed by atoms with E-state index in [1.54, 1.807) is 0 Å². The Labute approximate surface area is 216 Å². The maximum absolute atomic E-state index is 12.5. The minimum Gasteiger partial charge on any atom is -0.465 e. The number of benzene rings is 2. The lowest BCUT2D eigenvalue weighted by molar-refractivity contribution is -0.00631. The highest BCUT2D eigenvalue weighted by atomic mass is 32.1. The molecule has 2 N–H and O–H groups in total. The van der Waals surface area contributed by atoms with Crippen LogP contribution in [0.4, 0.5) is 5.00 Å². The van der Waals surface area contributed by atoms with Gasteiger partial charge < -0.3 is 20.1 Å². The molecule has 7 heteroatoms. The van der Waals surface area contributed by atoms with Gasteiger partial charge in [0.05, 0.1) is 12.7 Å². The number of piperidine rings is 1. The summed E-state index contributed by atoms with van der Waals surface area (Å²) in [6.07, 6.45) is 2.33. The first kappa shape index (κ1) is 25.4. The van der Waals surface area contributed by atoms with Crippen LogP contribution in [0, 0.1) is 12.8 Å². The van der Waals surface area contributed by atoms with Gasteiger partial charge in [-0.25, -0.2) is 4.79 Å². The summed E-state index contributed by atoms with van der Waals surface area (Å²) in [7, 11) is 1.41. The van der Waals surface area contributed by atoms with Gasteiger partial charge in [0.2, 0.25) is 0 Å². The lowest BCUT2D eigenvalue weighted by Crippen LogP contribution is -2.47. The number of thiophene rings is 1. The Morgan fingerprint density at radius 2 is 1.66 bits per heavy atom. The molecule has 3 aromatic rings. The molecule has 0 saturated carbocycles. The molecule has 2 aromatic carbocycles. The first-order chi connectivity index (χ1) is 16.9. The summed E-state index contributed by atoms with van der Waals surface area (Å²) in [4.78, 5) is 15.7. The molecule has 5 nitrogen and oxygen atoms in total. The van der Waals surface area contributed by atoms with E-state index in [1.807, 2.05) is 74.5 Å². The van der Waals surface area contributed by atoms with E-state index in [-0.39, 0.29) is 11.9 Å². The fourth-order valence-electron chi connectivity index (χ4n) is 5.11. The molecule has 0 aliphatic carbocycles. The zero-order valence-electron chi connectivity index (χ0n) is 20.4. The molecular weight excluding hydrogens is 476 g/mol. The van der Waals surface area contributed by atoms with Gasteiger partial charge in [0.15, 0.2) is 5.11 Å². The summed E-state index contributed by atoms with van der Waals surface area (Å²) in [6, 6.07) is 19.9. The third-order valence-electron chi connectivity index (χ3n) is 6.97. The van der Waals surface area contributed by atoms with E-state index in [4.69, 9.17) is 17.0 Å². The van der Waals surface area contributed by atoms with Crippen LogP contribution in [0.2, 0.25) is 0 Å². The molecule has 1 fully saturated rings. The van der Waals surface area contributed by atoms with E-state index < -0.39 is 5.60 Å². The summed E-state index contributed by atoms with van der Waals surface area (Å²) >= 11 is 7.29. The zero-order chi connectivity index (χ0) is 25.0. The maximum Gasteiger partial charge on any atom is 0.341 e. The number of thiocarbonyl (C=S) groups is 1. The standard InChI is InChI=1S/C28H32N2O3S2/c1-4-23-19(2)35-25(24(23)26(31)33-3)29-27(34)30-17-15-22(16-18-30)28(32,20-11-7-5-8-12-20)21-13-9-6-10-14-21/h5-14,22,32H,4,15-18H2,1-3H3,(H,29,34). The third-order valence-corrected chi connectivity index (χ3v) is 8.40. The molecule has 184 valence electrons. The normalized spacial score (nSPS) is 14.6. The smallest absolute Gasteiger partial charge is 0.341 e. The second-order valence-electron chi connectivity index (χ2n) is 8.88. The number of anilines is 1. The van der Waals surface area contributed by atoms with Crippen molar-refractivity contribution in [1.29, 1.82) is 0 Å². The first-order valence-corrected chi connectivity index (χ1v) is 13.2. The number of nitrogens with one attached hydrogen (secondary N) is 1. The van der Waals surface area contributed by atoms with E-state index in [1.165, 1.54) is 18.4 Å². The van der Waals surface area contributed by atoms with Crippen LogP contribution in [0.5, 0.6) is 0 Å². The SMILES string of the molecule is CCc1c(C)sc(NC(=S)N2CCC(C(O)(c3ccccc3)c3ccccc3)CC2)c1C(=O)OC. The number of hydrogen-bond acceptors (Lipinski definition) is 5. The van der Waals surface area contributed by atoms with Crippen LogP contribution in [0.25, 0.3) is 0 Å². The van der Waals surface area contributed by atoms with Gasteiger partial charge in [0.25, 0.3) is 0 Å². The number of nitrogens with zero attached hydrogens (tertiary/aromatic N) is 1. The second kappa shape index (κ2) is 10.9. The molecule has 0 amide bonds. The largest absolute Gasteiger partial charge is 0.465 e. The molecule has 1 saturated heterocycles. The van der Waals surface area contributed by atoms with E-state index >= 15 is 0 Å². The minimum atomic E-state index is -1.07. The molecule has 1 aromatic heterocycles. The van der Waals surface area contributed by atoms with Crippen LogP contribution >= 0.6 is 23.6 Å². The van der Waals surface area contributed by atoms with Gasteiger partial charge in [-0.3, -0.25) is 0 Å². The molecule has 0 radical (unpaired) electrons. The molecular formula is C28H32N2O3S2. The number of hydrogen-bond donors (Lipinski definition) is 2.